The lowest BCUT2D eigenvalue weighted by atomic mass is 9.72. The molecule has 0 amide bonds. The van der Waals surface area contributed by atoms with Crippen LogP contribution in [0.25, 0.3) is 11.4 Å². The molecule has 0 bridgehead atoms. The smallest absolute Gasteiger partial charge is 0.0930 e. The van der Waals surface area contributed by atoms with Crippen LogP contribution in [-0.2, 0) is 11.8 Å². The molecule has 4 rings (SSSR count). The van der Waals surface area contributed by atoms with Crippen molar-refractivity contribution < 1.29 is 0 Å². The zero-order chi connectivity index (χ0) is 15.7. The summed E-state index contributed by atoms with van der Waals surface area (Å²) in [6.45, 7) is 0. The molecular formula is C19H14N4. The fourth-order valence-corrected chi connectivity index (χ4v) is 3.53. The first-order valence-corrected chi connectivity index (χ1v) is 7.52. The monoisotopic (exact) mass is 298 g/mol. The highest BCUT2D eigenvalue weighted by Gasteiger charge is 2.44. The molecule has 0 N–H and O–H groups in total. The molecule has 0 spiro atoms. The number of hydrogen-bond acceptors (Lipinski definition) is 4. The predicted molar refractivity (Wildman–Crippen MR) is 86.4 cm³/mol. The predicted octanol–water partition coefficient (Wildman–Crippen LogP) is 3.29. The number of aromatic nitrogens is 3. The van der Waals surface area contributed by atoms with Crippen molar-refractivity contribution in [2.75, 3.05) is 0 Å². The maximum Gasteiger partial charge on any atom is 0.0930 e. The fourth-order valence-electron chi connectivity index (χ4n) is 3.53. The van der Waals surface area contributed by atoms with Crippen molar-refractivity contribution in [2.24, 2.45) is 0 Å². The van der Waals surface area contributed by atoms with Gasteiger partial charge in [-0.2, -0.15) is 5.26 Å². The second-order valence-electron chi connectivity index (χ2n) is 5.75. The number of nitriles is 1. The molecule has 4 heteroatoms. The Morgan fingerprint density at radius 1 is 0.870 bits per heavy atom. The normalized spacial score (nSPS) is 13.9. The summed E-state index contributed by atoms with van der Waals surface area (Å²) >= 11 is 0. The molecule has 3 aromatic heterocycles. The van der Waals surface area contributed by atoms with Crippen LogP contribution in [0.1, 0.15) is 23.1 Å². The number of pyridine rings is 3. The standard InChI is InChI=1S/C19H14N4/c20-8-7-19(13-14-5-11-21-12-6-14)15-3-1-9-22-17(15)18-16(19)4-2-10-23-18/h1-6,9-12H,7,13H2. The van der Waals surface area contributed by atoms with Gasteiger partial charge in [0.05, 0.1) is 17.5 Å². The van der Waals surface area contributed by atoms with Gasteiger partial charge in [-0.1, -0.05) is 12.1 Å². The summed E-state index contributed by atoms with van der Waals surface area (Å²) < 4.78 is 0. The van der Waals surface area contributed by atoms with Crippen LogP contribution in [0, 0.1) is 11.3 Å². The lowest BCUT2D eigenvalue weighted by molar-refractivity contribution is 0.534. The summed E-state index contributed by atoms with van der Waals surface area (Å²) in [7, 11) is 0. The zero-order valence-electron chi connectivity index (χ0n) is 12.5. The van der Waals surface area contributed by atoms with E-state index < -0.39 is 5.41 Å². The first-order valence-electron chi connectivity index (χ1n) is 7.52. The van der Waals surface area contributed by atoms with Gasteiger partial charge in [0.25, 0.3) is 0 Å². The number of hydrogen-bond donors (Lipinski definition) is 0. The van der Waals surface area contributed by atoms with Gasteiger partial charge in [-0.05, 0) is 47.4 Å². The van der Waals surface area contributed by atoms with Gasteiger partial charge in [0, 0.05) is 36.6 Å². The maximum atomic E-state index is 9.52. The number of fused-ring (bicyclic) bond motifs is 3. The molecule has 3 aromatic rings. The van der Waals surface area contributed by atoms with Gasteiger partial charge in [0.1, 0.15) is 0 Å². The Balaban J connectivity index is 1.97. The van der Waals surface area contributed by atoms with Crippen molar-refractivity contribution >= 4 is 0 Å². The Bertz CT molecular complexity index is 851. The Morgan fingerprint density at radius 2 is 1.48 bits per heavy atom. The van der Waals surface area contributed by atoms with Crippen LogP contribution in [0.4, 0.5) is 0 Å². The molecule has 3 heterocycles. The van der Waals surface area contributed by atoms with Gasteiger partial charge in [-0.3, -0.25) is 15.0 Å². The SMILES string of the molecule is N#CCC1(Cc2ccncc2)c2cccnc2-c2ncccc21. The van der Waals surface area contributed by atoms with Gasteiger partial charge in [-0.15, -0.1) is 0 Å². The van der Waals surface area contributed by atoms with E-state index in [1.54, 1.807) is 24.8 Å². The van der Waals surface area contributed by atoms with Crippen molar-refractivity contribution in [3.63, 3.8) is 0 Å². The van der Waals surface area contributed by atoms with E-state index in [2.05, 4.69) is 33.2 Å². The molecule has 1 aliphatic carbocycles. The summed E-state index contributed by atoms with van der Waals surface area (Å²) in [5.74, 6) is 0. The largest absolute Gasteiger partial charge is 0.265 e. The molecule has 23 heavy (non-hydrogen) atoms. The molecular weight excluding hydrogens is 284 g/mol. The second kappa shape index (κ2) is 5.29. The summed E-state index contributed by atoms with van der Waals surface area (Å²) in [6.07, 6.45) is 8.28. The van der Waals surface area contributed by atoms with Crippen LogP contribution in [-0.4, -0.2) is 15.0 Å². The van der Waals surface area contributed by atoms with E-state index in [4.69, 9.17) is 0 Å². The van der Waals surface area contributed by atoms with Crippen LogP contribution < -0.4 is 0 Å². The Hall–Kier alpha value is -3.06. The highest BCUT2D eigenvalue weighted by molar-refractivity contribution is 5.75. The molecule has 0 saturated carbocycles. The van der Waals surface area contributed by atoms with Crippen molar-refractivity contribution in [2.45, 2.75) is 18.3 Å². The third-order valence-corrected chi connectivity index (χ3v) is 4.51. The fraction of sp³-hybridized carbons (Fsp3) is 0.158. The Labute approximate surface area is 134 Å². The topological polar surface area (TPSA) is 62.5 Å². The van der Waals surface area contributed by atoms with Gasteiger partial charge < -0.3 is 0 Å². The zero-order valence-corrected chi connectivity index (χ0v) is 12.5. The third kappa shape index (κ3) is 2.01. The van der Waals surface area contributed by atoms with Crippen LogP contribution in [0.3, 0.4) is 0 Å². The molecule has 0 atom stereocenters. The quantitative estimate of drug-likeness (QED) is 0.744. The van der Waals surface area contributed by atoms with E-state index in [0.29, 0.717) is 6.42 Å². The van der Waals surface area contributed by atoms with Crippen molar-refractivity contribution in [1.82, 2.24) is 15.0 Å². The van der Waals surface area contributed by atoms with E-state index >= 15 is 0 Å². The van der Waals surface area contributed by atoms with Crippen LogP contribution >= 0.6 is 0 Å². The summed E-state index contributed by atoms with van der Waals surface area (Å²) in [4.78, 5) is 13.2. The molecule has 0 fully saturated rings. The van der Waals surface area contributed by atoms with Crippen molar-refractivity contribution in [1.29, 1.82) is 5.26 Å². The van der Waals surface area contributed by atoms with Crippen LogP contribution in [0.15, 0.2) is 61.2 Å². The molecule has 110 valence electrons. The highest BCUT2D eigenvalue weighted by Crippen LogP contribution is 2.50. The van der Waals surface area contributed by atoms with E-state index in [9.17, 15) is 5.26 Å². The Morgan fingerprint density at radius 3 is 2.04 bits per heavy atom. The minimum atomic E-state index is -0.400. The summed E-state index contributed by atoms with van der Waals surface area (Å²) in [6, 6.07) is 14.4. The molecule has 4 nitrogen and oxygen atoms in total. The summed E-state index contributed by atoms with van der Waals surface area (Å²) in [5, 5.41) is 9.52. The molecule has 0 radical (unpaired) electrons. The molecule has 0 aliphatic heterocycles. The third-order valence-electron chi connectivity index (χ3n) is 4.51. The van der Waals surface area contributed by atoms with Crippen molar-refractivity contribution in [3.05, 3.63) is 77.9 Å². The van der Waals surface area contributed by atoms with Gasteiger partial charge in [0.2, 0.25) is 0 Å². The molecule has 1 aliphatic rings. The van der Waals surface area contributed by atoms with Gasteiger partial charge >= 0.3 is 0 Å². The first-order chi connectivity index (χ1) is 11.3. The van der Waals surface area contributed by atoms with Crippen molar-refractivity contribution in [3.8, 4) is 17.5 Å². The average molecular weight is 298 g/mol. The Kier molecular flexibility index (Phi) is 3.13. The molecule has 0 saturated heterocycles. The maximum absolute atomic E-state index is 9.52. The minimum absolute atomic E-state index is 0.396. The molecule has 0 aromatic carbocycles. The summed E-state index contributed by atoms with van der Waals surface area (Å²) in [5.41, 5.74) is 4.73. The second-order valence-corrected chi connectivity index (χ2v) is 5.75. The minimum Gasteiger partial charge on any atom is -0.265 e. The van der Waals surface area contributed by atoms with E-state index in [1.807, 2.05) is 24.3 Å². The van der Waals surface area contributed by atoms with Gasteiger partial charge in [0.15, 0.2) is 0 Å². The first kappa shape index (κ1) is 13.6. The van der Waals surface area contributed by atoms with E-state index in [0.717, 1.165) is 34.5 Å². The lowest BCUT2D eigenvalue weighted by Gasteiger charge is -2.29. The van der Waals surface area contributed by atoms with E-state index in [1.165, 1.54) is 0 Å². The molecule has 0 unspecified atom stereocenters. The van der Waals surface area contributed by atoms with Crippen LogP contribution in [0.2, 0.25) is 0 Å². The average Bonchev–Trinajstić information content (AvgIpc) is 2.88. The van der Waals surface area contributed by atoms with Crippen LogP contribution in [0.5, 0.6) is 0 Å². The lowest BCUT2D eigenvalue weighted by Crippen LogP contribution is -2.28. The number of nitrogens with zero attached hydrogens (tertiary/aromatic N) is 4. The van der Waals surface area contributed by atoms with E-state index in [-0.39, 0.29) is 0 Å². The number of rotatable bonds is 3. The highest BCUT2D eigenvalue weighted by atomic mass is 14.8. The van der Waals surface area contributed by atoms with Gasteiger partial charge in [-0.25, -0.2) is 0 Å².